The Morgan fingerprint density at radius 3 is 2.35 bits per heavy atom. The SMILES string of the molecule is CNc1ncnc(N(CC2CC2)CC2CC2)c1[N+](=O)[O-]. The van der Waals surface area contributed by atoms with Gasteiger partial charge in [0.05, 0.1) is 4.92 Å². The van der Waals surface area contributed by atoms with E-state index in [0.29, 0.717) is 17.7 Å². The zero-order chi connectivity index (χ0) is 14.1. The van der Waals surface area contributed by atoms with E-state index in [4.69, 9.17) is 0 Å². The minimum atomic E-state index is -0.381. The summed E-state index contributed by atoms with van der Waals surface area (Å²) < 4.78 is 0. The number of rotatable bonds is 7. The Bertz CT molecular complexity index is 499. The Hall–Kier alpha value is -1.92. The molecular weight excluding hydrogens is 258 g/mol. The lowest BCUT2D eigenvalue weighted by molar-refractivity contribution is -0.383. The zero-order valence-electron chi connectivity index (χ0n) is 11.6. The van der Waals surface area contributed by atoms with Crippen LogP contribution in [0.25, 0.3) is 0 Å². The molecule has 0 unspecified atom stereocenters. The molecule has 1 aromatic rings. The molecule has 0 aromatic carbocycles. The van der Waals surface area contributed by atoms with Crippen LogP contribution in [-0.4, -0.2) is 35.0 Å². The van der Waals surface area contributed by atoms with Crippen LogP contribution in [0, 0.1) is 22.0 Å². The molecule has 2 aliphatic rings. The molecule has 1 heterocycles. The van der Waals surface area contributed by atoms with Crippen LogP contribution < -0.4 is 10.2 Å². The van der Waals surface area contributed by atoms with Crippen molar-refractivity contribution in [1.82, 2.24) is 9.97 Å². The Balaban J connectivity index is 1.92. The van der Waals surface area contributed by atoms with E-state index >= 15 is 0 Å². The van der Waals surface area contributed by atoms with E-state index in [1.165, 1.54) is 32.0 Å². The maximum absolute atomic E-state index is 11.4. The smallest absolute Gasteiger partial charge is 0.353 e. The minimum absolute atomic E-state index is 0.00343. The van der Waals surface area contributed by atoms with Gasteiger partial charge in [-0.25, -0.2) is 9.97 Å². The number of hydrogen-bond acceptors (Lipinski definition) is 6. The average Bonchev–Trinajstić information content (AvgIpc) is 3.32. The first-order valence-corrected chi connectivity index (χ1v) is 7.11. The van der Waals surface area contributed by atoms with Crippen LogP contribution in [0.5, 0.6) is 0 Å². The molecule has 2 saturated carbocycles. The lowest BCUT2D eigenvalue weighted by atomic mass is 10.3. The van der Waals surface area contributed by atoms with Crippen molar-refractivity contribution in [2.24, 2.45) is 11.8 Å². The normalized spacial score (nSPS) is 17.9. The number of anilines is 2. The zero-order valence-corrected chi connectivity index (χ0v) is 11.6. The summed E-state index contributed by atoms with van der Waals surface area (Å²) >= 11 is 0. The van der Waals surface area contributed by atoms with Crippen LogP contribution in [0.4, 0.5) is 17.3 Å². The van der Waals surface area contributed by atoms with E-state index in [1.54, 1.807) is 7.05 Å². The Morgan fingerprint density at radius 1 is 1.30 bits per heavy atom. The van der Waals surface area contributed by atoms with Gasteiger partial charge in [-0.3, -0.25) is 10.1 Å². The molecule has 1 aromatic heterocycles. The lowest BCUT2D eigenvalue weighted by Crippen LogP contribution is -2.30. The van der Waals surface area contributed by atoms with Gasteiger partial charge in [-0.05, 0) is 37.5 Å². The van der Waals surface area contributed by atoms with Gasteiger partial charge in [-0.1, -0.05) is 0 Å². The summed E-state index contributed by atoms with van der Waals surface area (Å²) in [7, 11) is 1.64. The second-order valence-electron chi connectivity index (χ2n) is 5.69. The molecule has 0 saturated heterocycles. The van der Waals surface area contributed by atoms with Crippen molar-refractivity contribution >= 4 is 17.3 Å². The maximum atomic E-state index is 11.4. The fraction of sp³-hybridized carbons (Fsp3) is 0.692. The van der Waals surface area contributed by atoms with Crippen LogP contribution in [0.2, 0.25) is 0 Å². The van der Waals surface area contributed by atoms with Gasteiger partial charge in [0.1, 0.15) is 6.33 Å². The van der Waals surface area contributed by atoms with E-state index in [-0.39, 0.29) is 16.4 Å². The summed E-state index contributed by atoms with van der Waals surface area (Å²) in [6, 6.07) is 0. The minimum Gasteiger partial charge on any atom is -0.367 e. The molecule has 7 nitrogen and oxygen atoms in total. The summed E-state index contributed by atoms with van der Waals surface area (Å²) in [6.45, 7) is 1.75. The molecule has 1 N–H and O–H groups in total. The Kier molecular flexibility index (Phi) is 3.42. The van der Waals surface area contributed by atoms with Crippen LogP contribution in [-0.2, 0) is 0 Å². The van der Waals surface area contributed by atoms with Crippen molar-refractivity contribution in [3.63, 3.8) is 0 Å². The van der Waals surface area contributed by atoms with Crippen LogP contribution in [0.1, 0.15) is 25.7 Å². The summed E-state index contributed by atoms with van der Waals surface area (Å²) in [5.74, 6) is 2.09. The number of nitrogens with one attached hydrogen (secondary N) is 1. The molecule has 0 bridgehead atoms. The van der Waals surface area contributed by atoms with E-state index in [1.807, 2.05) is 0 Å². The molecule has 0 amide bonds. The summed E-state index contributed by atoms with van der Waals surface area (Å²) in [4.78, 5) is 21.2. The molecule has 0 atom stereocenters. The molecule has 2 aliphatic carbocycles. The van der Waals surface area contributed by atoms with Crippen molar-refractivity contribution in [3.05, 3.63) is 16.4 Å². The molecule has 20 heavy (non-hydrogen) atoms. The molecule has 2 fully saturated rings. The van der Waals surface area contributed by atoms with Crippen LogP contribution in [0.3, 0.4) is 0 Å². The van der Waals surface area contributed by atoms with E-state index < -0.39 is 0 Å². The van der Waals surface area contributed by atoms with Gasteiger partial charge in [-0.2, -0.15) is 0 Å². The fourth-order valence-corrected chi connectivity index (χ4v) is 2.42. The lowest BCUT2D eigenvalue weighted by Gasteiger charge is -2.23. The van der Waals surface area contributed by atoms with Crippen LogP contribution >= 0.6 is 0 Å². The highest BCUT2D eigenvalue weighted by atomic mass is 16.6. The molecule has 7 heteroatoms. The van der Waals surface area contributed by atoms with Gasteiger partial charge in [0, 0.05) is 20.1 Å². The fourth-order valence-electron chi connectivity index (χ4n) is 2.42. The summed E-state index contributed by atoms with van der Waals surface area (Å²) in [5, 5.41) is 14.2. The van der Waals surface area contributed by atoms with Gasteiger partial charge in [0.15, 0.2) is 0 Å². The predicted molar refractivity (Wildman–Crippen MR) is 75.9 cm³/mol. The first kappa shape index (κ1) is 13.1. The Labute approximate surface area is 117 Å². The summed E-state index contributed by atoms with van der Waals surface area (Å²) in [5.41, 5.74) is -0.00343. The second kappa shape index (κ2) is 5.22. The van der Waals surface area contributed by atoms with Gasteiger partial charge >= 0.3 is 5.69 Å². The molecule has 0 radical (unpaired) electrons. The number of nitrogens with zero attached hydrogens (tertiary/aromatic N) is 4. The quantitative estimate of drug-likeness (QED) is 0.606. The van der Waals surface area contributed by atoms with Gasteiger partial charge in [0.2, 0.25) is 11.6 Å². The van der Waals surface area contributed by atoms with E-state index in [9.17, 15) is 10.1 Å². The molecule has 0 aliphatic heterocycles. The topological polar surface area (TPSA) is 84.2 Å². The monoisotopic (exact) mass is 277 g/mol. The molecule has 3 rings (SSSR count). The van der Waals surface area contributed by atoms with Crippen molar-refractivity contribution in [1.29, 1.82) is 0 Å². The molecule has 0 spiro atoms. The van der Waals surface area contributed by atoms with Crippen molar-refractivity contribution in [2.45, 2.75) is 25.7 Å². The number of aromatic nitrogens is 2. The van der Waals surface area contributed by atoms with Gasteiger partial charge < -0.3 is 10.2 Å². The first-order chi connectivity index (χ1) is 9.69. The number of hydrogen-bond donors (Lipinski definition) is 1. The summed E-state index contributed by atoms with van der Waals surface area (Å²) in [6.07, 6.45) is 6.29. The highest BCUT2D eigenvalue weighted by Crippen LogP contribution is 2.39. The van der Waals surface area contributed by atoms with Crippen LogP contribution in [0.15, 0.2) is 6.33 Å². The largest absolute Gasteiger partial charge is 0.367 e. The van der Waals surface area contributed by atoms with E-state index in [0.717, 1.165) is 13.1 Å². The molecule has 108 valence electrons. The maximum Gasteiger partial charge on any atom is 0.353 e. The second-order valence-corrected chi connectivity index (χ2v) is 5.69. The first-order valence-electron chi connectivity index (χ1n) is 7.11. The number of nitro groups is 1. The van der Waals surface area contributed by atoms with E-state index in [2.05, 4.69) is 20.2 Å². The average molecular weight is 277 g/mol. The third-order valence-corrected chi connectivity index (χ3v) is 3.87. The van der Waals surface area contributed by atoms with Gasteiger partial charge in [0.25, 0.3) is 0 Å². The Morgan fingerprint density at radius 2 is 1.90 bits per heavy atom. The van der Waals surface area contributed by atoms with Crippen molar-refractivity contribution < 1.29 is 4.92 Å². The molecular formula is C13H19N5O2. The van der Waals surface area contributed by atoms with Crippen molar-refractivity contribution in [3.8, 4) is 0 Å². The third-order valence-electron chi connectivity index (χ3n) is 3.87. The van der Waals surface area contributed by atoms with Gasteiger partial charge in [-0.15, -0.1) is 0 Å². The standard InChI is InChI=1S/C13H19N5O2/c1-14-12-11(18(19)20)13(16-8-15-12)17(6-9-2-3-9)7-10-4-5-10/h8-10H,2-7H2,1H3,(H,14,15,16). The highest BCUT2D eigenvalue weighted by Gasteiger charge is 2.34. The highest BCUT2D eigenvalue weighted by molar-refractivity contribution is 5.70. The third kappa shape index (κ3) is 2.81. The van der Waals surface area contributed by atoms with Crippen molar-refractivity contribution in [2.75, 3.05) is 30.4 Å². The predicted octanol–water partition coefficient (Wildman–Crippen LogP) is 2.05.